The number of anilines is 1. The van der Waals surface area contributed by atoms with Gasteiger partial charge in [0.25, 0.3) is 0 Å². The highest BCUT2D eigenvalue weighted by Crippen LogP contribution is 2.22. The first-order valence-electron chi connectivity index (χ1n) is 5.65. The van der Waals surface area contributed by atoms with Gasteiger partial charge in [0.15, 0.2) is 0 Å². The van der Waals surface area contributed by atoms with Crippen LogP contribution in [0.1, 0.15) is 12.8 Å². The summed E-state index contributed by atoms with van der Waals surface area (Å²) in [6.07, 6.45) is 3.36. The highest BCUT2D eigenvalue weighted by Gasteiger charge is 2.25. The fourth-order valence-electron chi connectivity index (χ4n) is 2.10. The van der Waals surface area contributed by atoms with Gasteiger partial charge in [-0.3, -0.25) is 4.79 Å². The van der Waals surface area contributed by atoms with Crippen LogP contribution in [-0.4, -0.2) is 36.0 Å². The van der Waals surface area contributed by atoms with Gasteiger partial charge in [0, 0.05) is 26.2 Å². The van der Waals surface area contributed by atoms with Crippen molar-refractivity contribution in [1.82, 2.24) is 15.3 Å². The fourth-order valence-corrected chi connectivity index (χ4v) is 2.24. The Morgan fingerprint density at radius 3 is 3.12 bits per heavy atom. The number of nitrogens with one attached hydrogen (secondary N) is 1. The van der Waals surface area contributed by atoms with E-state index >= 15 is 0 Å². The Morgan fingerprint density at radius 1 is 1.59 bits per heavy atom. The third-order valence-corrected chi connectivity index (χ3v) is 3.19. The van der Waals surface area contributed by atoms with E-state index in [1.807, 2.05) is 0 Å². The molecule has 2 rings (SSSR count). The van der Waals surface area contributed by atoms with Crippen LogP contribution in [0, 0.1) is 5.92 Å². The third-order valence-electron chi connectivity index (χ3n) is 2.98. The van der Waals surface area contributed by atoms with E-state index < -0.39 is 0 Å². The normalized spacial score (nSPS) is 20.1. The van der Waals surface area contributed by atoms with E-state index in [1.165, 1.54) is 6.33 Å². The number of carbonyl (C=O) groups is 1. The van der Waals surface area contributed by atoms with Gasteiger partial charge in [-0.2, -0.15) is 0 Å². The van der Waals surface area contributed by atoms with Crippen molar-refractivity contribution in [2.45, 2.75) is 12.8 Å². The quantitative estimate of drug-likeness (QED) is 0.803. The number of nitrogens with zero attached hydrogens (tertiary/aromatic N) is 3. The molecule has 17 heavy (non-hydrogen) atoms. The number of halogens is 1. The molecule has 1 N–H and O–H groups in total. The zero-order valence-corrected chi connectivity index (χ0v) is 10.4. The van der Waals surface area contributed by atoms with Gasteiger partial charge in [-0.15, -0.1) is 0 Å². The summed E-state index contributed by atoms with van der Waals surface area (Å²) in [7, 11) is 1.67. The molecule has 1 unspecified atom stereocenters. The summed E-state index contributed by atoms with van der Waals surface area (Å²) in [4.78, 5) is 21.7. The Hall–Kier alpha value is -1.36. The van der Waals surface area contributed by atoms with Crippen LogP contribution in [0.25, 0.3) is 0 Å². The summed E-state index contributed by atoms with van der Waals surface area (Å²) in [5.74, 6) is 0.913. The lowest BCUT2D eigenvalue weighted by atomic mass is 9.97. The van der Waals surface area contributed by atoms with E-state index in [0.29, 0.717) is 11.7 Å². The van der Waals surface area contributed by atoms with Gasteiger partial charge in [0.05, 0.1) is 5.92 Å². The lowest BCUT2D eigenvalue weighted by Crippen LogP contribution is -2.42. The fraction of sp³-hybridized carbons (Fsp3) is 0.545. The molecular formula is C11H15ClN4O. The molecule has 1 aliphatic heterocycles. The molecule has 0 saturated carbocycles. The molecule has 0 aromatic carbocycles. The standard InChI is InChI=1S/C11H15ClN4O/c1-13-11(17)8-3-2-4-16(6-8)10-5-9(12)14-7-15-10/h5,7-8H,2-4,6H2,1H3,(H,13,17). The van der Waals surface area contributed by atoms with Crippen LogP contribution < -0.4 is 10.2 Å². The highest BCUT2D eigenvalue weighted by molar-refractivity contribution is 6.29. The molecule has 0 aliphatic carbocycles. The minimum absolute atomic E-state index is 0.0301. The molecule has 2 heterocycles. The zero-order valence-electron chi connectivity index (χ0n) is 9.69. The largest absolute Gasteiger partial charge is 0.359 e. The van der Waals surface area contributed by atoms with Crippen LogP contribution in [0.2, 0.25) is 5.15 Å². The van der Waals surface area contributed by atoms with Crippen LogP contribution in [0.4, 0.5) is 5.82 Å². The second kappa shape index (κ2) is 5.31. The SMILES string of the molecule is CNC(=O)C1CCCN(c2cc(Cl)ncn2)C1. The molecule has 92 valence electrons. The monoisotopic (exact) mass is 254 g/mol. The van der Waals surface area contributed by atoms with E-state index in [-0.39, 0.29) is 11.8 Å². The van der Waals surface area contributed by atoms with Gasteiger partial charge in [-0.1, -0.05) is 11.6 Å². The number of hydrogen-bond donors (Lipinski definition) is 1. The second-order valence-corrected chi connectivity index (χ2v) is 4.49. The summed E-state index contributed by atoms with van der Waals surface area (Å²) >= 11 is 5.83. The van der Waals surface area contributed by atoms with Crippen LogP contribution in [0.3, 0.4) is 0 Å². The Labute approximate surface area is 105 Å². The molecule has 0 bridgehead atoms. The highest BCUT2D eigenvalue weighted by atomic mass is 35.5. The first-order valence-corrected chi connectivity index (χ1v) is 6.02. The molecular weight excluding hydrogens is 240 g/mol. The van der Waals surface area contributed by atoms with Gasteiger partial charge < -0.3 is 10.2 Å². The predicted octanol–water partition coefficient (Wildman–Crippen LogP) is 1.09. The van der Waals surface area contributed by atoms with Crippen molar-refractivity contribution in [2.75, 3.05) is 25.0 Å². The molecule has 5 nitrogen and oxygen atoms in total. The van der Waals surface area contributed by atoms with E-state index in [9.17, 15) is 4.79 Å². The van der Waals surface area contributed by atoms with E-state index in [4.69, 9.17) is 11.6 Å². The van der Waals surface area contributed by atoms with Crippen LogP contribution in [0.5, 0.6) is 0 Å². The van der Waals surface area contributed by atoms with E-state index in [0.717, 1.165) is 25.2 Å². The summed E-state index contributed by atoms with van der Waals surface area (Å²) in [6.45, 7) is 1.59. The number of aromatic nitrogens is 2. The van der Waals surface area contributed by atoms with Crippen LogP contribution in [-0.2, 0) is 4.79 Å². The Balaban J connectivity index is 2.09. The summed E-state index contributed by atoms with van der Waals surface area (Å²) in [6, 6.07) is 1.73. The van der Waals surface area contributed by atoms with Gasteiger partial charge >= 0.3 is 0 Å². The average molecular weight is 255 g/mol. The number of rotatable bonds is 2. The smallest absolute Gasteiger partial charge is 0.224 e. The van der Waals surface area contributed by atoms with Gasteiger partial charge in [-0.25, -0.2) is 9.97 Å². The van der Waals surface area contributed by atoms with Crippen molar-refractivity contribution in [3.05, 3.63) is 17.5 Å². The Kier molecular flexibility index (Phi) is 3.78. The molecule has 1 aromatic heterocycles. The van der Waals surface area contributed by atoms with Crippen molar-refractivity contribution >= 4 is 23.3 Å². The number of carbonyl (C=O) groups excluding carboxylic acids is 1. The van der Waals surface area contributed by atoms with Crippen molar-refractivity contribution in [1.29, 1.82) is 0 Å². The molecule has 0 radical (unpaired) electrons. The van der Waals surface area contributed by atoms with Crippen LogP contribution >= 0.6 is 11.6 Å². The summed E-state index contributed by atoms with van der Waals surface area (Å²) < 4.78 is 0. The van der Waals surface area contributed by atoms with Gasteiger partial charge in [-0.05, 0) is 12.8 Å². The van der Waals surface area contributed by atoms with Gasteiger partial charge in [0.1, 0.15) is 17.3 Å². The Morgan fingerprint density at radius 2 is 2.41 bits per heavy atom. The molecule has 1 amide bonds. The van der Waals surface area contributed by atoms with Crippen molar-refractivity contribution < 1.29 is 4.79 Å². The maximum atomic E-state index is 11.6. The Bertz CT molecular complexity index is 412. The molecule has 1 saturated heterocycles. The van der Waals surface area contributed by atoms with E-state index in [2.05, 4.69) is 20.2 Å². The maximum Gasteiger partial charge on any atom is 0.224 e. The second-order valence-electron chi connectivity index (χ2n) is 4.10. The summed E-state index contributed by atoms with van der Waals surface area (Å²) in [5, 5.41) is 3.12. The third kappa shape index (κ3) is 2.85. The number of hydrogen-bond acceptors (Lipinski definition) is 4. The topological polar surface area (TPSA) is 58.1 Å². The minimum Gasteiger partial charge on any atom is -0.359 e. The predicted molar refractivity (Wildman–Crippen MR) is 66.0 cm³/mol. The summed E-state index contributed by atoms with van der Waals surface area (Å²) in [5.41, 5.74) is 0. The molecule has 1 aromatic rings. The maximum absolute atomic E-state index is 11.6. The number of piperidine rings is 1. The number of amides is 1. The van der Waals surface area contributed by atoms with Crippen molar-refractivity contribution in [2.24, 2.45) is 5.92 Å². The lowest BCUT2D eigenvalue weighted by molar-refractivity contribution is -0.124. The van der Waals surface area contributed by atoms with Crippen molar-refractivity contribution in [3.8, 4) is 0 Å². The average Bonchev–Trinajstić information content (AvgIpc) is 2.38. The first-order chi connectivity index (χ1) is 8.20. The molecule has 1 fully saturated rings. The minimum atomic E-state index is 0.0301. The molecule has 1 aliphatic rings. The van der Waals surface area contributed by atoms with Gasteiger partial charge in [0.2, 0.25) is 5.91 Å². The molecule has 0 spiro atoms. The van der Waals surface area contributed by atoms with Crippen molar-refractivity contribution in [3.63, 3.8) is 0 Å². The van der Waals surface area contributed by atoms with Crippen LogP contribution in [0.15, 0.2) is 12.4 Å². The molecule has 1 atom stereocenters. The first kappa shape index (κ1) is 12.1. The zero-order chi connectivity index (χ0) is 12.3. The lowest BCUT2D eigenvalue weighted by Gasteiger charge is -2.32. The van der Waals surface area contributed by atoms with E-state index in [1.54, 1.807) is 13.1 Å². The molecule has 6 heteroatoms.